The third-order valence-corrected chi connectivity index (χ3v) is 8.05. The summed E-state index contributed by atoms with van der Waals surface area (Å²) in [5.41, 5.74) is 3.59. The van der Waals surface area contributed by atoms with Crippen LogP contribution in [0.2, 0.25) is 0 Å². The number of fused-ring (bicyclic) bond motifs is 3. The van der Waals surface area contributed by atoms with E-state index in [-0.39, 0.29) is 29.2 Å². The van der Waals surface area contributed by atoms with E-state index in [0.29, 0.717) is 6.42 Å². The number of allylic oxidation sites excluding steroid dienone is 2. The number of carbonyl (C=O) groups excluding carboxylic acids is 3. The Morgan fingerprint density at radius 3 is 2.49 bits per heavy atom. The fraction of sp³-hybridized carbons (Fsp3) is 0.423. The largest absolute Gasteiger partial charge is 0.508 e. The van der Waals surface area contributed by atoms with Crippen molar-refractivity contribution in [2.24, 2.45) is 17.6 Å². The lowest BCUT2D eigenvalue weighted by Gasteiger charge is -2.50. The van der Waals surface area contributed by atoms with Gasteiger partial charge in [-0.3, -0.25) is 19.3 Å². The van der Waals surface area contributed by atoms with Gasteiger partial charge in [-0.1, -0.05) is 18.2 Å². The second-order valence-corrected chi connectivity index (χ2v) is 10.1. The first-order valence-corrected chi connectivity index (χ1v) is 11.7. The molecule has 0 aromatic heterocycles. The predicted molar refractivity (Wildman–Crippen MR) is 125 cm³/mol. The van der Waals surface area contributed by atoms with E-state index in [1.807, 2.05) is 6.07 Å². The summed E-state index contributed by atoms with van der Waals surface area (Å²) in [6, 6.07) is 2.22. The average Bonchev–Trinajstić information content (AvgIpc) is 3.30. The summed E-state index contributed by atoms with van der Waals surface area (Å²) in [4.78, 5) is 40.5. The van der Waals surface area contributed by atoms with Crippen LogP contribution >= 0.6 is 0 Å². The van der Waals surface area contributed by atoms with E-state index in [4.69, 9.17) is 5.73 Å². The molecule has 9 nitrogen and oxygen atoms in total. The Balaban J connectivity index is 1.73. The number of carbonyl (C=O) groups is 3. The van der Waals surface area contributed by atoms with Crippen molar-refractivity contribution >= 4 is 23.2 Å². The number of nitrogens with two attached hydrogens (primary N) is 1. The SMILES string of the molecule is CN(C)[C@@H]1C(=O)C(C(N)=O)=C(O)[C@@]2(O)C(=O)C3=C(O)c4c(O)ccc(C5C=CCC5)c4C[C@H]3C[C@@H]12. The molecular weight excluding hydrogens is 452 g/mol. The monoisotopic (exact) mass is 480 g/mol. The molecule has 0 spiro atoms. The Hall–Kier alpha value is -3.43. The average molecular weight is 481 g/mol. The van der Waals surface area contributed by atoms with Crippen LogP contribution in [-0.2, 0) is 20.8 Å². The number of aromatic hydroxyl groups is 1. The molecule has 0 bridgehead atoms. The lowest BCUT2D eigenvalue weighted by Crippen LogP contribution is -2.65. The standard InChI is InChI=1S/C26H28N2O7/c1-28(2)20-15-10-12-9-14-13(11-5-3-4-6-11)7-8-16(29)18(14)21(30)17(12)23(32)26(15,35)24(33)19(22(20)31)25(27)34/h3,5,7-8,11-12,15,20,29-30,33,35H,4,6,9-10H2,1-2H3,(H2,27,34)/t11?,12-,15-,20-,26-/m0/s1. The molecule has 0 radical (unpaired) electrons. The number of ketones is 2. The molecule has 5 atom stereocenters. The molecule has 0 saturated heterocycles. The summed E-state index contributed by atoms with van der Waals surface area (Å²) in [5, 5.41) is 44.4. The van der Waals surface area contributed by atoms with E-state index in [2.05, 4.69) is 12.2 Å². The third-order valence-electron chi connectivity index (χ3n) is 8.05. The zero-order valence-corrected chi connectivity index (χ0v) is 19.5. The maximum Gasteiger partial charge on any atom is 0.255 e. The summed E-state index contributed by atoms with van der Waals surface area (Å²) < 4.78 is 0. The molecule has 1 aromatic rings. The number of aliphatic hydroxyl groups excluding tert-OH is 2. The number of benzene rings is 1. The van der Waals surface area contributed by atoms with E-state index >= 15 is 0 Å². The van der Waals surface area contributed by atoms with Gasteiger partial charge in [0, 0.05) is 17.4 Å². The maximum absolute atomic E-state index is 13.8. The molecule has 0 aliphatic heterocycles. The van der Waals surface area contributed by atoms with E-state index in [1.54, 1.807) is 14.1 Å². The van der Waals surface area contributed by atoms with Gasteiger partial charge in [0.1, 0.15) is 22.8 Å². The summed E-state index contributed by atoms with van der Waals surface area (Å²) in [6.45, 7) is 0. The number of aliphatic hydroxyl groups is 3. The van der Waals surface area contributed by atoms with E-state index < -0.39 is 58.0 Å². The minimum absolute atomic E-state index is 0.0847. The van der Waals surface area contributed by atoms with E-state index in [1.165, 1.54) is 11.0 Å². The highest BCUT2D eigenvalue weighted by atomic mass is 16.3. The molecule has 6 N–H and O–H groups in total. The predicted octanol–water partition coefficient (Wildman–Crippen LogP) is 1.40. The number of phenolic OH excluding ortho intramolecular Hbond substituents is 1. The van der Waals surface area contributed by atoms with Gasteiger partial charge >= 0.3 is 0 Å². The number of rotatable bonds is 3. The molecule has 1 aromatic carbocycles. The topological polar surface area (TPSA) is 161 Å². The molecule has 1 fully saturated rings. The minimum Gasteiger partial charge on any atom is -0.508 e. The van der Waals surface area contributed by atoms with Gasteiger partial charge in [-0.15, -0.1) is 0 Å². The molecule has 35 heavy (non-hydrogen) atoms. The number of amides is 1. The molecule has 4 aliphatic carbocycles. The second kappa shape index (κ2) is 7.79. The number of primary amides is 1. The number of likely N-dealkylation sites (N-methyl/N-ethyl adjacent to an activating group) is 1. The van der Waals surface area contributed by atoms with Crippen LogP contribution in [0.15, 0.2) is 41.2 Å². The highest BCUT2D eigenvalue weighted by molar-refractivity contribution is 6.24. The molecule has 1 amide bonds. The Morgan fingerprint density at radius 1 is 1.17 bits per heavy atom. The Morgan fingerprint density at radius 2 is 1.89 bits per heavy atom. The van der Waals surface area contributed by atoms with Gasteiger partial charge in [-0.25, -0.2) is 0 Å². The molecule has 1 saturated carbocycles. The number of hydrogen-bond acceptors (Lipinski definition) is 8. The highest BCUT2D eigenvalue weighted by Crippen LogP contribution is 2.53. The number of Topliss-reactive ketones (excluding diaryl/α,β-unsaturated/α-hetero) is 2. The lowest BCUT2D eigenvalue weighted by molar-refractivity contribution is -0.153. The van der Waals surface area contributed by atoms with Gasteiger partial charge in [-0.05, 0) is 62.9 Å². The zero-order valence-electron chi connectivity index (χ0n) is 19.5. The molecule has 4 aliphatic rings. The van der Waals surface area contributed by atoms with Crippen LogP contribution in [0.1, 0.15) is 41.9 Å². The normalized spacial score (nSPS) is 32.1. The van der Waals surface area contributed by atoms with Gasteiger partial charge < -0.3 is 26.2 Å². The fourth-order valence-electron chi connectivity index (χ4n) is 6.51. The van der Waals surface area contributed by atoms with Crippen molar-refractivity contribution in [3.63, 3.8) is 0 Å². The zero-order chi connectivity index (χ0) is 25.4. The van der Waals surface area contributed by atoms with Crippen LogP contribution in [0.3, 0.4) is 0 Å². The van der Waals surface area contributed by atoms with Gasteiger partial charge in [0.2, 0.25) is 5.78 Å². The highest BCUT2D eigenvalue weighted by Gasteiger charge is 2.64. The van der Waals surface area contributed by atoms with Crippen molar-refractivity contribution in [1.29, 1.82) is 0 Å². The van der Waals surface area contributed by atoms with Crippen LogP contribution in [0.4, 0.5) is 0 Å². The number of phenols is 1. The van der Waals surface area contributed by atoms with Crippen LogP contribution < -0.4 is 5.73 Å². The summed E-state index contributed by atoms with van der Waals surface area (Å²) in [5.74, 6) is -6.26. The van der Waals surface area contributed by atoms with Gasteiger partial charge in [0.25, 0.3) is 5.91 Å². The first kappa shape index (κ1) is 23.3. The first-order valence-electron chi connectivity index (χ1n) is 11.7. The Labute approximate surface area is 201 Å². The fourth-order valence-corrected chi connectivity index (χ4v) is 6.51. The molecular formula is C26H28N2O7. The van der Waals surface area contributed by atoms with Crippen molar-refractivity contribution in [3.05, 3.63) is 57.9 Å². The third kappa shape index (κ3) is 3.04. The van der Waals surface area contributed by atoms with Gasteiger partial charge in [0.05, 0.1) is 11.6 Å². The van der Waals surface area contributed by atoms with Crippen molar-refractivity contribution < 1.29 is 34.8 Å². The van der Waals surface area contributed by atoms with Crippen molar-refractivity contribution in [2.75, 3.05) is 14.1 Å². The molecule has 1 unspecified atom stereocenters. The minimum atomic E-state index is -2.62. The van der Waals surface area contributed by atoms with Crippen LogP contribution in [0.25, 0.3) is 5.76 Å². The van der Waals surface area contributed by atoms with Crippen molar-refractivity contribution in [3.8, 4) is 5.75 Å². The van der Waals surface area contributed by atoms with Crippen LogP contribution in [0.5, 0.6) is 5.75 Å². The van der Waals surface area contributed by atoms with E-state index in [0.717, 1.165) is 24.0 Å². The van der Waals surface area contributed by atoms with Crippen molar-refractivity contribution in [1.82, 2.24) is 4.90 Å². The smallest absolute Gasteiger partial charge is 0.255 e. The Kier molecular flexibility index (Phi) is 5.19. The number of nitrogens with zero attached hydrogens (tertiary/aromatic N) is 1. The second-order valence-electron chi connectivity index (χ2n) is 10.1. The molecule has 5 rings (SSSR count). The van der Waals surface area contributed by atoms with Gasteiger partial charge in [0.15, 0.2) is 11.4 Å². The maximum atomic E-state index is 13.8. The quantitative estimate of drug-likeness (QED) is 0.320. The summed E-state index contributed by atoms with van der Waals surface area (Å²) in [7, 11) is 3.16. The van der Waals surface area contributed by atoms with Crippen LogP contribution in [0, 0.1) is 11.8 Å². The molecule has 184 valence electrons. The van der Waals surface area contributed by atoms with Crippen LogP contribution in [-0.4, -0.2) is 68.5 Å². The summed E-state index contributed by atoms with van der Waals surface area (Å²) >= 11 is 0. The molecule has 0 heterocycles. The van der Waals surface area contributed by atoms with Crippen molar-refractivity contribution in [2.45, 2.75) is 43.2 Å². The van der Waals surface area contributed by atoms with Gasteiger partial charge in [-0.2, -0.15) is 0 Å². The Bertz CT molecular complexity index is 1270. The first-order chi connectivity index (χ1) is 16.5. The number of hydrogen-bond donors (Lipinski definition) is 5. The summed E-state index contributed by atoms with van der Waals surface area (Å²) in [6.07, 6.45) is 6.38. The van der Waals surface area contributed by atoms with E-state index in [9.17, 15) is 34.8 Å². The molecule has 9 heteroatoms. The lowest BCUT2D eigenvalue weighted by atomic mass is 9.57.